The van der Waals surface area contributed by atoms with E-state index in [0.29, 0.717) is 5.69 Å². The lowest BCUT2D eigenvalue weighted by Crippen LogP contribution is -2.24. The molecule has 0 amide bonds. The van der Waals surface area contributed by atoms with Gasteiger partial charge in [0.1, 0.15) is 5.69 Å². The van der Waals surface area contributed by atoms with E-state index >= 15 is 0 Å². The smallest absolute Gasteiger partial charge is 0.185 e. The van der Waals surface area contributed by atoms with Gasteiger partial charge in [-0.3, -0.25) is 4.79 Å². The Bertz CT molecular complexity index is 316. The summed E-state index contributed by atoms with van der Waals surface area (Å²) in [4.78, 5) is 17.7. The van der Waals surface area contributed by atoms with Crippen LogP contribution in [0.5, 0.6) is 0 Å². The minimum atomic E-state index is 0.0467. The van der Waals surface area contributed by atoms with Gasteiger partial charge in [0.2, 0.25) is 0 Å². The summed E-state index contributed by atoms with van der Waals surface area (Å²) in [5, 5.41) is 2.82. The molecule has 0 aliphatic carbocycles. The predicted molar refractivity (Wildman–Crippen MR) is 64.9 cm³/mol. The Morgan fingerprint density at radius 2 is 2.00 bits per heavy atom. The first-order valence-corrected chi connectivity index (χ1v) is 6.28. The van der Waals surface area contributed by atoms with E-state index in [4.69, 9.17) is 0 Å². The molecule has 0 bridgehead atoms. The molecule has 0 aliphatic heterocycles. The molecule has 15 heavy (non-hydrogen) atoms. The third-order valence-electron chi connectivity index (χ3n) is 2.11. The van der Waals surface area contributed by atoms with Gasteiger partial charge in [-0.15, -0.1) is 11.3 Å². The number of thiazole rings is 1. The number of hydrogen-bond donors (Lipinski definition) is 0. The normalized spacial score (nSPS) is 10.3. The summed E-state index contributed by atoms with van der Waals surface area (Å²) in [6.45, 7) is 7.89. The van der Waals surface area contributed by atoms with Gasteiger partial charge in [0.15, 0.2) is 10.9 Å². The monoisotopic (exact) mass is 226 g/mol. The second-order valence-corrected chi connectivity index (χ2v) is 4.40. The van der Waals surface area contributed by atoms with E-state index in [1.54, 1.807) is 18.3 Å². The van der Waals surface area contributed by atoms with Crippen LogP contribution in [-0.4, -0.2) is 23.9 Å². The lowest BCUT2D eigenvalue weighted by Gasteiger charge is -2.19. The van der Waals surface area contributed by atoms with E-state index in [1.165, 1.54) is 0 Å². The Morgan fingerprint density at radius 1 is 1.40 bits per heavy atom. The summed E-state index contributed by atoms with van der Waals surface area (Å²) in [5.74, 6) is 0.0467. The maximum absolute atomic E-state index is 11.1. The maximum Gasteiger partial charge on any atom is 0.185 e. The molecular formula is C11H18N2OS. The van der Waals surface area contributed by atoms with Crippen molar-refractivity contribution in [2.75, 3.05) is 18.0 Å². The van der Waals surface area contributed by atoms with Gasteiger partial charge in [-0.05, 0) is 12.8 Å². The van der Waals surface area contributed by atoms with E-state index < -0.39 is 0 Å². The highest BCUT2D eigenvalue weighted by molar-refractivity contribution is 7.13. The molecule has 0 aromatic carbocycles. The predicted octanol–water partition coefficient (Wildman–Crippen LogP) is 2.97. The van der Waals surface area contributed by atoms with Crippen LogP contribution in [0.2, 0.25) is 0 Å². The molecule has 84 valence electrons. The molecule has 0 saturated carbocycles. The number of rotatable bonds is 6. The van der Waals surface area contributed by atoms with Crippen LogP contribution in [0, 0.1) is 0 Å². The number of ketones is 1. The van der Waals surface area contributed by atoms with Gasteiger partial charge >= 0.3 is 0 Å². The SMILES string of the molecule is CCCN(CCC)c1nc(C(C)=O)cs1. The molecule has 1 heterocycles. The summed E-state index contributed by atoms with van der Waals surface area (Å²) >= 11 is 1.56. The standard InChI is InChI=1S/C11H18N2OS/c1-4-6-13(7-5-2)11-12-10(8-15-11)9(3)14/h8H,4-7H2,1-3H3. The van der Waals surface area contributed by atoms with E-state index in [9.17, 15) is 4.79 Å². The summed E-state index contributed by atoms with van der Waals surface area (Å²) < 4.78 is 0. The van der Waals surface area contributed by atoms with E-state index in [0.717, 1.165) is 31.1 Å². The molecule has 0 aliphatic rings. The van der Waals surface area contributed by atoms with E-state index in [1.807, 2.05) is 5.38 Å². The van der Waals surface area contributed by atoms with E-state index in [-0.39, 0.29) is 5.78 Å². The third-order valence-corrected chi connectivity index (χ3v) is 3.01. The molecular weight excluding hydrogens is 208 g/mol. The molecule has 0 fully saturated rings. The van der Waals surface area contributed by atoms with Crippen molar-refractivity contribution in [3.63, 3.8) is 0 Å². The maximum atomic E-state index is 11.1. The zero-order valence-electron chi connectivity index (χ0n) is 9.62. The second-order valence-electron chi connectivity index (χ2n) is 3.56. The molecule has 0 atom stereocenters. The van der Waals surface area contributed by atoms with Crippen LogP contribution >= 0.6 is 11.3 Å². The first-order chi connectivity index (χ1) is 7.19. The third kappa shape index (κ3) is 3.30. The first kappa shape index (κ1) is 12.2. The van der Waals surface area contributed by atoms with Gasteiger partial charge in [-0.2, -0.15) is 0 Å². The fourth-order valence-corrected chi connectivity index (χ4v) is 2.33. The van der Waals surface area contributed by atoms with Crippen LogP contribution in [-0.2, 0) is 0 Å². The van der Waals surface area contributed by atoms with Gasteiger partial charge in [0.05, 0.1) is 0 Å². The Hall–Kier alpha value is -0.900. The Morgan fingerprint density at radius 3 is 2.40 bits per heavy atom. The highest BCUT2D eigenvalue weighted by atomic mass is 32.1. The van der Waals surface area contributed by atoms with Crippen LogP contribution in [0.25, 0.3) is 0 Å². The molecule has 0 radical (unpaired) electrons. The van der Waals surface area contributed by atoms with Gasteiger partial charge < -0.3 is 4.90 Å². The summed E-state index contributed by atoms with van der Waals surface area (Å²) in [6.07, 6.45) is 2.21. The first-order valence-electron chi connectivity index (χ1n) is 5.40. The Labute approximate surface area is 95.1 Å². The average molecular weight is 226 g/mol. The molecule has 1 rings (SSSR count). The van der Waals surface area contributed by atoms with Crippen LogP contribution < -0.4 is 4.90 Å². The molecule has 0 spiro atoms. The number of aromatic nitrogens is 1. The van der Waals surface area contributed by atoms with Crippen molar-refractivity contribution >= 4 is 22.3 Å². The van der Waals surface area contributed by atoms with Crippen molar-refractivity contribution in [1.29, 1.82) is 0 Å². The van der Waals surface area contributed by atoms with Gasteiger partial charge in [-0.1, -0.05) is 13.8 Å². The van der Waals surface area contributed by atoms with E-state index in [2.05, 4.69) is 23.7 Å². The van der Waals surface area contributed by atoms with Crippen LogP contribution in [0.1, 0.15) is 44.1 Å². The van der Waals surface area contributed by atoms with Crippen LogP contribution in [0.4, 0.5) is 5.13 Å². The van der Waals surface area contributed by atoms with Crippen LogP contribution in [0.3, 0.4) is 0 Å². The second kappa shape index (κ2) is 5.85. The molecule has 0 saturated heterocycles. The van der Waals surface area contributed by atoms with Gasteiger partial charge in [0, 0.05) is 25.4 Å². The van der Waals surface area contributed by atoms with Gasteiger partial charge in [-0.25, -0.2) is 4.98 Å². The van der Waals surface area contributed by atoms with Crippen molar-refractivity contribution in [2.24, 2.45) is 0 Å². The average Bonchev–Trinajstić information content (AvgIpc) is 2.66. The number of nitrogens with zero attached hydrogens (tertiary/aromatic N) is 2. The van der Waals surface area contributed by atoms with Crippen molar-refractivity contribution < 1.29 is 4.79 Å². The molecule has 3 nitrogen and oxygen atoms in total. The Kier molecular flexibility index (Phi) is 4.75. The van der Waals surface area contributed by atoms with Crippen LogP contribution in [0.15, 0.2) is 5.38 Å². The van der Waals surface area contributed by atoms with Crippen molar-refractivity contribution in [1.82, 2.24) is 4.98 Å². The largest absolute Gasteiger partial charge is 0.348 e. The highest BCUT2D eigenvalue weighted by Gasteiger charge is 2.11. The zero-order valence-corrected chi connectivity index (χ0v) is 10.4. The molecule has 0 N–H and O–H groups in total. The lowest BCUT2D eigenvalue weighted by atomic mass is 10.3. The summed E-state index contributed by atoms with van der Waals surface area (Å²) in [7, 11) is 0. The molecule has 4 heteroatoms. The molecule has 0 unspecified atom stereocenters. The minimum absolute atomic E-state index is 0.0467. The Balaban J connectivity index is 2.76. The fourth-order valence-electron chi connectivity index (χ4n) is 1.41. The minimum Gasteiger partial charge on any atom is -0.348 e. The van der Waals surface area contributed by atoms with Gasteiger partial charge in [0.25, 0.3) is 0 Å². The fraction of sp³-hybridized carbons (Fsp3) is 0.636. The summed E-state index contributed by atoms with van der Waals surface area (Å²) in [6, 6.07) is 0. The van der Waals surface area contributed by atoms with Crippen molar-refractivity contribution in [2.45, 2.75) is 33.6 Å². The quantitative estimate of drug-likeness (QED) is 0.699. The number of carbonyl (C=O) groups excluding carboxylic acids is 1. The topological polar surface area (TPSA) is 33.2 Å². The highest BCUT2D eigenvalue weighted by Crippen LogP contribution is 2.21. The van der Waals surface area contributed by atoms with Crippen molar-refractivity contribution in [3.8, 4) is 0 Å². The zero-order chi connectivity index (χ0) is 11.3. The number of carbonyl (C=O) groups is 1. The van der Waals surface area contributed by atoms with Crippen molar-refractivity contribution in [3.05, 3.63) is 11.1 Å². The molecule has 1 aromatic rings. The number of anilines is 1. The molecule has 1 aromatic heterocycles. The lowest BCUT2D eigenvalue weighted by molar-refractivity contribution is 0.101. The number of hydrogen-bond acceptors (Lipinski definition) is 4. The number of Topliss-reactive ketones (excluding diaryl/α,β-unsaturated/α-hetero) is 1. The summed E-state index contributed by atoms with van der Waals surface area (Å²) in [5.41, 5.74) is 0.590.